The lowest BCUT2D eigenvalue weighted by molar-refractivity contribution is -0.121. The van der Waals surface area contributed by atoms with E-state index >= 15 is 0 Å². The summed E-state index contributed by atoms with van der Waals surface area (Å²) in [6.45, 7) is 17.0. The van der Waals surface area contributed by atoms with Gasteiger partial charge >= 0.3 is 0 Å². The van der Waals surface area contributed by atoms with E-state index in [9.17, 15) is 52.8 Å². The number of nitrogens with one attached hydrogen (secondary N) is 6. The van der Waals surface area contributed by atoms with Crippen LogP contribution in [0.15, 0.2) is 89.3 Å². The van der Waals surface area contributed by atoms with Gasteiger partial charge < -0.3 is 30.2 Å². The van der Waals surface area contributed by atoms with E-state index < -0.39 is 119 Å². The fourth-order valence-corrected chi connectivity index (χ4v) is 16.8. The summed E-state index contributed by atoms with van der Waals surface area (Å²) < 4.78 is 146. The summed E-state index contributed by atoms with van der Waals surface area (Å²) in [5, 5.41) is 14.4. The van der Waals surface area contributed by atoms with Gasteiger partial charge in [-0.2, -0.15) is 52.3 Å². The van der Waals surface area contributed by atoms with Crippen molar-refractivity contribution in [1.82, 2.24) is 42.0 Å². The normalized spacial score (nSPS) is 21.5. The number of nitrogens with zero attached hydrogens (tertiary/aromatic N) is 6. The molecule has 0 spiro atoms. The van der Waals surface area contributed by atoms with Gasteiger partial charge in [-0.15, -0.1) is 34.0 Å². The van der Waals surface area contributed by atoms with Gasteiger partial charge in [0.1, 0.15) is 50.6 Å². The molecule has 3 aliphatic rings. The third-order valence-corrected chi connectivity index (χ3v) is 21.9. The van der Waals surface area contributed by atoms with Crippen molar-refractivity contribution >= 4 is 134 Å². The Morgan fingerprint density at radius 3 is 0.936 bits per heavy atom. The molecule has 3 amide bonds. The highest BCUT2D eigenvalue weighted by Gasteiger charge is 2.47. The van der Waals surface area contributed by atoms with Crippen LogP contribution in [0.2, 0.25) is 15.1 Å². The maximum Gasteiger partial charge on any atom is 0.280 e. The maximum absolute atomic E-state index is 13.4. The van der Waals surface area contributed by atoms with Crippen LogP contribution in [0.4, 0.5) is 30.2 Å². The molecule has 6 aromatic rings. The second kappa shape index (κ2) is 33.1. The van der Waals surface area contributed by atoms with Gasteiger partial charge in [0, 0.05) is 71.4 Å². The summed E-state index contributed by atoms with van der Waals surface area (Å²) in [7, 11) is -12.0. The van der Waals surface area contributed by atoms with E-state index in [0.29, 0.717) is 15.0 Å². The lowest BCUT2D eigenvalue weighted by atomic mass is 10.1. The van der Waals surface area contributed by atoms with Crippen LogP contribution >= 0.6 is 68.8 Å². The number of anilines is 3. The number of aromatic nitrogens is 3. The number of carbonyl (C=O) groups is 3. The maximum atomic E-state index is 13.4. The molecule has 3 aromatic heterocycles. The number of amides is 3. The van der Waals surface area contributed by atoms with Crippen LogP contribution < -0.4 is 30.1 Å². The van der Waals surface area contributed by atoms with Gasteiger partial charge in [0.05, 0.1) is 69.8 Å². The summed E-state index contributed by atoms with van der Waals surface area (Å²) in [6, 6.07) is 6.31. The molecule has 0 saturated carbocycles. The predicted molar refractivity (Wildman–Crippen MR) is 360 cm³/mol. The van der Waals surface area contributed by atoms with Gasteiger partial charge in [0.15, 0.2) is 0 Å². The molecule has 6 heterocycles. The van der Waals surface area contributed by atoms with Crippen molar-refractivity contribution in [1.29, 1.82) is 0 Å². The second-order valence-corrected chi connectivity index (χ2v) is 32.9. The standard InChI is InChI=1S/3C19H24ClFN4O4S2.CH4/c3*1-19(2,3)29-8-7-25-16(17(26)23-12-4-5-14(21)13(20)10-12)11-15(24-31(25,27)28)18-22-6-9-30-18;/h3*4-6,9-10,15-16,24H,7-8,11H2,1-3H3,(H,23,26);1H4/t2*15-,16+;;/m10../s1. The van der Waals surface area contributed by atoms with Crippen molar-refractivity contribution < 1.29 is 67.0 Å². The fourth-order valence-electron chi connectivity index (χ4n) is 9.35. The lowest BCUT2D eigenvalue weighted by Gasteiger charge is -2.38. The average molecular weight is 1490 g/mol. The Morgan fingerprint density at radius 2 is 0.734 bits per heavy atom. The number of ether oxygens (including phenoxy) is 3. The average Bonchev–Trinajstić information content (AvgIpc) is 1.06. The van der Waals surface area contributed by atoms with Crippen LogP contribution in [0.3, 0.4) is 0 Å². The van der Waals surface area contributed by atoms with Crippen molar-refractivity contribution in [3.8, 4) is 0 Å². The van der Waals surface area contributed by atoms with E-state index in [-0.39, 0.29) is 98.3 Å². The largest absolute Gasteiger partial charge is 0.374 e. The first-order chi connectivity index (χ1) is 43.4. The summed E-state index contributed by atoms with van der Waals surface area (Å²) in [5.41, 5.74) is -0.575. The minimum absolute atomic E-state index is 0. The monoisotopic (exact) mass is 1490 g/mol. The first kappa shape index (κ1) is 78.1. The molecule has 3 fully saturated rings. The molecule has 0 bridgehead atoms. The Bertz CT molecular complexity index is 3480. The highest BCUT2D eigenvalue weighted by atomic mass is 35.5. The summed E-state index contributed by atoms with van der Waals surface area (Å²) >= 11 is 21.3. The van der Waals surface area contributed by atoms with Gasteiger partial charge in [0.2, 0.25) is 17.7 Å². The number of carbonyl (C=O) groups excluding carboxylic acids is 3. The van der Waals surface area contributed by atoms with Crippen LogP contribution in [-0.4, -0.2) is 145 Å². The van der Waals surface area contributed by atoms with E-state index in [4.69, 9.17) is 49.0 Å². The number of benzene rings is 3. The Hall–Kier alpha value is -4.89. The third kappa shape index (κ3) is 22.6. The van der Waals surface area contributed by atoms with Crippen molar-refractivity contribution in [3.05, 3.63) is 137 Å². The molecule has 94 heavy (non-hydrogen) atoms. The molecule has 518 valence electrons. The Morgan fingerprint density at radius 1 is 0.489 bits per heavy atom. The molecular formula is C58H76Cl3F3N12O12S6. The zero-order chi connectivity index (χ0) is 68.4. The van der Waals surface area contributed by atoms with Gasteiger partial charge in [-0.1, -0.05) is 42.2 Å². The summed E-state index contributed by atoms with van der Waals surface area (Å²) in [4.78, 5) is 51.8. The molecule has 3 aliphatic heterocycles. The van der Waals surface area contributed by atoms with Gasteiger partial charge in [-0.05, 0) is 136 Å². The zero-order valence-electron chi connectivity index (χ0n) is 51.8. The van der Waals surface area contributed by atoms with Crippen molar-refractivity contribution in [2.45, 2.75) is 142 Å². The number of hydrogen-bond acceptors (Lipinski definition) is 18. The van der Waals surface area contributed by atoms with Crippen LogP contribution in [-0.2, 0) is 59.2 Å². The highest BCUT2D eigenvalue weighted by molar-refractivity contribution is 7.87. The van der Waals surface area contributed by atoms with Crippen molar-refractivity contribution in [2.24, 2.45) is 0 Å². The van der Waals surface area contributed by atoms with Crippen LogP contribution in [0.5, 0.6) is 0 Å². The molecule has 0 radical (unpaired) electrons. The van der Waals surface area contributed by atoms with E-state index in [1.54, 1.807) is 34.7 Å². The first-order valence-electron chi connectivity index (χ1n) is 28.6. The third-order valence-electron chi connectivity index (χ3n) is 13.5. The highest BCUT2D eigenvalue weighted by Crippen LogP contribution is 2.35. The van der Waals surface area contributed by atoms with E-state index in [1.165, 1.54) is 70.4 Å². The topological polar surface area (TPSA) is 302 Å². The molecule has 6 N–H and O–H groups in total. The van der Waals surface area contributed by atoms with Crippen LogP contribution in [0.1, 0.15) is 122 Å². The molecule has 2 unspecified atom stereocenters. The van der Waals surface area contributed by atoms with E-state index in [1.807, 2.05) is 62.3 Å². The molecule has 36 heteroatoms. The lowest BCUT2D eigenvalue weighted by Crippen LogP contribution is -2.58. The predicted octanol–water partition coefficient (Wildman–Crippen LogP) is 10.7. The van der Waals surface area contributed by atoms with Crippen molar-refractivity contribution in [2.75, 3.05) is 55.4 Å². The van der Waals surface area contributed by atoms with Crippen molar-refractivity contribution in [3.63, 3.8) is 0 Å². The smallest absolute Gasteiger partial charge is 0.280 e. The zero-order valence-corrected chi connectivity index (χ0v) is 59.0. The minimum Gasteiger partial charge on any atom is -0.374 e. The number of rotatable bonds is 18. The fraction of sp³-hybridized carbons (Fsp3) is 0.483. The van der Waals surface area contributed by atoms with Crippen LogP contribution in [0.25, 0.3) is 0 Å². The summed E-state index contributed by atoms with van der Waals surface area (Å²) in [5.74, 6) is -3.50. The molecule has 9 rings (SSSR count). The SMILES string of the molecule is C.CC(C)(C)OCCN1C(C(=O)Nc2ccc(F)c(Cl)c2)CC(c2nccs2)NS1(=O)=O.CC(C)(C)OCCN1[C@@H](C(=O)Nc2ccc(F)c(Cl)c2)C[C@@H](c2nccs2)NS1(=O)=O.CC(C)(C)OCCN1[C@H](C(=O)Nc2ccc(F)c(Cl)c2)C[C@H](c2nccs2)NS1(=O)=O. The van der Waals surface area contributed by atoms with Crippen LogP contribution in [0, 0.1) is 17.5 Å². The second-order valence-electron chi connectivity index (χ2n) is 24.0. The van der Waals surface area contributed by atoms with Gasteiger partial charge in [0.25, 0.3) is 30.6 Å². The molecule has 6 atom stereocenters. The molecule has 3 aromatic carbocycles. The molecule has 3 saturated heterocycles. The number of hydrogen-bond donors (Lipinski definition) is 6. The molecule has 0 aliphatic carbocycles. The Kier molecular flexibility index (Phi) is 27.5. The number of halogens is 6. The Balaban J connectivity index is 0.000000222. The minimum atomic E-state index is -3.99. The molecular weight excluding hydrogens is 1410 g/mol. The number of thiazole rings is 3. The van der Waals surface area contributed by atoms with Gasteiger partial charge in [-0.3, -0.25) is 14.4 Å². The first-order valence-corrected chi connectivity index (χ1v) is 36.7. The molecule has 24 nitrogen and oxygen atoms in total. The quantitative estimate of drug-likeness (QED) is 0.0466. The van der Waals surface area contributed by atoms with Gasteiger partial charge in [-0.25, -0.2) is 28.1 Å². The summed E-state index contributed by atoms with van der Waals surface area (Å²) in [6.07, 6.45) is 5.24. The van der Waals surface area contributed by atoms with E-state index in [2.05, 4.69) is 45.1 Å². The Labute approximate surface area is 573 Å². The van der Waals surface area contributed by atoms with E-state index in [0.717, 1.165) is 31.1 Å².